The number of nitrogens with zero attached hydrogens (tertiary/aromatic N) is 1. The second-order valence-electron chi connectivity index (χ2n) is 5.36. The molecule has 108 valence electrons. The molecule has 3 nitrogen and oxygen atoms in total. The smallest absolute Gasteiger partial charge is 0.240 e. The molecule has 1 atom stereocenters. The normalized spacial score (nSPS) is 12.9. The predicted octanol–water partition coefficient (Wildman–Crippen LogP) is 4.11. The molecule has 0 spiro atoms. The number of carbonyl (C=O) groups excluding carboxylic acids is 1. The standard InChI is InChI=1S/C15H18Cl2N2O/c1-9(2)10(3)18-15(20)8-19-5-4-12-13(17)6-11(16)7-14(12)19/h4-7,9-10H,8H2,1-3H3,(H,18,20). The molecule has 0 radical (unpaired) electrons. The fourth-order valence-corrected chi connectivity index (χ4v) is 2.52. The van der Waals surface area contributed by atoms with Crippen molar-refractivity contribution in [1.82, 2.24) is 9.88 Å². The number of amides is 1. The van der Waals surface area contributed by atoms with E-state index in [1.54, 1.807) is 6.07 Å². The summed E-state index contributed by atoms with van der Waals surface area (Å²) < 4.78 is 1.86. The van der Waals surface area contributed by atoms with Crippen molar-refractivity contribution in [2.45, 2.75) is 33.4 Å². The first-order chi connectivity index (χ1) is 9.38. The molecule has 0 saturated carbocycles. The Labute approximate surface area is 128 Å². The quantitative estimate of drug-likeness (QED) is 0.905. The molecule has 2 rings (SSSR count). The Bertz CT molecular complexity index is 634. The van der Waals surface area contributed by atoms with Crippen molar-refractivity contribution in [2.75, 3.05) is 0 Å². The first kappa shape index (κ1) is 15.2. The molecule has 2 aromatic rings. The Hall–Kier alpha value is -1.19. The van der Waals surface area contributed by atoms with E-state index in [-0.39, 0.29) is 18.5 Å². The topological polar surface area (TPSA) is 34.0 Å². The largest absolute Gasteiger partial charge is 0.352 e. The van der Waals surface area contributed by atoms with Crippen LogP contribution >= 0.6 is 23.2 Å². The minimum Gasteiger partial charge on any atom is -0.352 e. The summed E-state index contributed by atoms with van der Waals surface area (Å²) in [5.41, 5.74) is 0.870. The molecule has 5 heteroatoms. The van der Waals surface area contributed by atoms with Crippen molar-refractivity contribution < 1.29 is 4.79 Å². The molecule has 0 fully saturated rings. The van der Waals surface area contributed by atoms with Crippen molar-refractivity contribution in [3.63, 3.8) is 0 Å². The average Bonchev–Trinajstić information content (AvgIpc) is 2.72. The first-order valence-corrected chi connectivity index (χ1v) is 7.37. The highest BCUT2D eigenvalue weighted by Gasteiger charge is 2.13. The van der Waals surface area contributed by atoms with E-state index in [9.17, 15) is 4.79 Å². The van der Waals surface area contributed by atoms with Gasteiger partial charge < -0.3 is 9.88 Å². The van der Waals surface area contributed by atoms with Gasteiger partial charge >= 0.3 is 0 Å². The van der Waals surface area contributed by atoms with Crippen LogP contribution in [0.3, 0.4) is 0 Å². The fraction of sp³-hybridized carbons (Fsp3) is 0.400. The van der Waals surface area contributed by atoms with E-state index in [1.165, 1.54) is 0 Å². The molecular formula is C15H18Cl2N2O. The zero-order valence-electron chi connectivity index (χ0n) is 11.8. The zero-order valence-corrected chi connectivity index (χ0v) is 13.3. The molecule has 0 aliphatic rings. The number of rotatable bonds is 4. The van der Waals surface area contributed by atoms with Gasteiger partial charge in [-0.05, 0) is 31.0 Å². The highest BCUT2D eigenvalue weighted by Crippen LogP contribution is 2.28. The maximum absolute atomic E-state index is 12.0. The van der Waals surface area contributed by atoms with Gasteiger partial charge in [-0.3, -0.25) is 4.79 Å². The first-order valence-electron chi connectivity index (χ1n) is 6.61. The molecule has 1 unspecified atom stereocenters. The van der Waals surface area contributed by atoms with Crippen molar-refractivity contribution in [3.05, 3.63) is 34.4 Å². The maximum Gasteiger partial charge on any atom is 0.240 e. The molecule has 0 bridgehead atoms. The Morgan fingerprint density at radius 2 is 2.00 bits per heavy atom. The second kappa shape index (κ2) is 6.06. The SMILES string of the molecule is CC(C)C(C)NC(=O)Cn1ccc2c(Cl)cc(Cl)cc21. The van der Waals surface area contributed by atoms with Crippen LogP contribution in [0.5, 0.6) is 0 Å². The lowest BCUT2D eigenvalue weighted by Crippen LogP contribution is -2.38. The Morgan fingerprint density at radius 3 is 2.65 bits per heavy atom. The minimum absolute atomic E-state index is 0.0141. The van der Waals surface area contributed by atoms with Gasteiger partial charge in [0.1, 0.15) is 6.54 Å². The van der Waals surface area contributed by atoms with Crippen molar-refractivity contribution >= 4 is 40.0 Å². The summed E-state index contributed by atoms with van der Waals surface area (Å²) in [6.07, 6.45) is 1.85. The third kappa shape index (κ3) is 3.28. The molecule has 1 amide bonds. The van der Waals surface area contributed by atoms with Crippen LogP contribution in [0.4, 0.5) is 0 Å². The highest BCUT2D eigenvalue weighted by atomic mass is 35.5. The van der Waals surface area contributed by atoms with E-state index in [0.29, 0.717) is 16.0 Å². The maximum atomic E-state index is 12.0. The van der Waals surface area contributed by atoms with Crippen LogP contribution in [-0.4, -0.2) is 16.5 Å². The highest BCUT2D eigenvalue weighted by molar-refractivity contribution is 6.38. The summed E-state index contributed by atoms with van der Waals surface area (Å²) in [6.45, 7) is 6.42. The number of halogens is 2. The van der Waals surface area contributed by atoms with Gasteiger partial charge in [-0.2, -0.15) is 0 Å². The lowest BCUT2D eigenvalue weighted by atomic mass is 10.1. The number of carbonyl (C=O) groups is 1. The number of aromatic nitrogens is 1. The van der Waals surface area contributed by atoms with Gasteiger partial charge in [0.05, 0.1) is 10.5 Å². The average molecular weight is 313 g/mol. The Morgan fingerprint density at radius 1 is 1.30 bits per heavy atom. The van der Waals surface area contributed by atoms with Gasteiger partial charge in [0, 0.05) is 22.6 Å². The molecule has 1 aromatic carbocycles. The van der Waals surface area contributed by atoms with Crippen LogP contribution < -0.4 is 5.32 Å². The number of fused-ring (bicyclic) bond motifs is 1. The molecule has 0 saturated heterocycles. The Balaban J connectivity index is 2.20. The van der Waals surface area contributed by atoms with Gasteiger partial charge in [-0.15, -0.1) is 0 Å². The lowest BCUT2D eigenvalue weighted by Gasteiger charge is -2.17. The van der Waals surface area contributed by atoms with Crippen LogP contribution in [0, 0.1) is 5.92 Å². The molecule has 0 aliphatic carbocycles. The summed E-state index contributed by atoms with van der Waals surface area (Å²) in [6, 6.07) is 5.57. The van der Waals surface area contributed by atoms with Crippen LogP contribution in [0.15, 0.2) is 24.4 Å². The van der Waals surface area contributed by atoms with E-state index < -0.39 is 0 Å². The number of nitrogens with one attached hydrogen (secondary N) is 1. The molecule has 0 aliphatic heterocycles. The predicted molar refractivity (Wildman–Crippen MR) is 84.4 cm³/mol. The van der Waals surface area contributed by atoms with Crippen molar-refractivity contribution in [3.8, 4) is 0 Å². The van der Waals surface area contributed by atoms with E-state index in [1.807, 2.05) is 29.8 Å². The van der Waals surface area contributed by atoms with E-state index in [4.69, 9.17) is 23.2 Å². The van der Waals surface area contributed by atoms with Crippen LogP contribution in [-0.2, 0) is 11.3 Å². The summed E-state index contributed by atoms with van der Waals surface area (Å²) in [5, 5.41) is 5.06. The molecular weight excluding hydrogens is 295 g/mol. The summed E-state index contributed by atoms with van der Waals surface area (Å²) in [4.78, 5) is 12.0. The van der Waals surface area contributed by atoms with Crippen LogP contribution in [0.25, 0.3) is 10.9 Å². The number of benzene rings is 1. The number of hydrogen-bond donors (Lipinski definition) is 1. The van der Waals surface area contributed by atoms with E-state index >= 15 is 0 Å². The third-order valence-electron chi connectivity index (χ3n) is 3.51. The molecule has 1 aromatic heterocycles. The van der Waals surface area contributed by atoms with Crippen molar-refractivity contribution in [2.24, 2.45) is 5.92 Å². The van der Waals surface area contributed by atoms with Gasteiger partial charge in [0.2, 0.25) is 5.91 Å². The second-order valence-corrected chi connectivity index (χ2v) is 6.21. The number of hydrogen-bond acceptors (Lipinski definition) is 1. The summed E-state index contributed by atoms with van der Waals surface area (Å²) in [5.74, 6) is 0.393. The lowest BCUT2D eigenvalue weighted by molar-refractivity contribution is -0.122. The van der Waals surface area contributed by atoms with Gasteiger partial charge in [-0.1, -0.05) is 37.0 Å². The third-order valence-corrected chi connectivity index (χ3v) is 4.04. The monoisotopic (exact) mass is 312 g/mol. The molecule has 1 heterocycles. The summed E-state index contributed by atoms with van der Waals surface area (Å²) >= 11 is 12.2. The van der Waals surface area contributed by atoms with Gasteiger partial charge in [0.25, 0.3) is 0 Å². The summed E-state index contributed by atoms with van der Waals surface area (Å²) in [7, 11) is 0. The minimum atomic E-state index is -0.0141. The van der Waals surface area contributed by atoms with E-state index in [0.717, 1.165) is 10.9 Å². The molecule has 20 heavy (non-hydrogen) atoms. The van der Waals surface area contributed by atoms with Crippen LogP contribution in [0.2, 0.25) is 10.0 Å². The van der Waals surface area contributed by atoms with Gasteiger partial charge in [-0.25, -0.2) is 0 Å². The zero-order chi connectivity index (χ0) is 14.9. The Kier molecular flexibility index (Phi) is 4.61. The fourth-order valence-electron chi connectivity index (χ4n) is 1.98. The van der Waals surface area contributed by atoms with Crippen LogP contribution in [0.1, 0.15) is 20.8 Å². The van der Waals surface area contributed by atoms with Crippen molar-refractivity contribution in [1.29, 1.82) is 0 Å². The van der Waals surface area contributed by atoms with Gasteiger partial charge in [0.15, 0.2) is 0 Å². The van der Waals surface area contributed by atoms with E-state index in [2.05, 4.69) is 19.2 Å². The molecule has 1 N–H and O–H groups in total.